The number of anilines is 1. The summed E-state index contributed by atoms with van der Waals surface area (Å²) in [6.45, 7) is 0.204. The first-order valence-corrected chi connectivity index (χ1v) is 10.4. The third-order valence-corrected chi connectivity index (χ3v) is 6.80. The molecule has 2 aromatic rings. The van der Waals surface area contributed by atoms with Crippen LogP contribution in [0.3, 0.4) is 0 Å². The second-order valence-corrected chi connectivity index (χ2v) is 8.69. The molecule has 7 nitrogen and oxygen atoms in total. The first-order chi connectivity index (χ1) is 11.9. The van der Waals surface area contributed by atoms with Gasteiger partial charge in [0.15, 0.2) is 0 Å². The van der Waals surface area contributed by atoms with Crippen LogP contribution in [0, 0.1) is 0 Å². The molecule has 0 saturated carbocycles. The molecule has 10 heteroatoms. The lowest BCUT2D eigenvalue weighted by atomic mass is 10.3. The quantitative estimate of drug-likeness (QED) is 0.689. The number of sulfonamides is 1. The third kappa shape index (κ3) is 4.09. The Kier molecular flexibility index (Phi) is 5.23. The van der Waals surface area contributed by atoms with Crippen molar-refractivity contribution in [1.82, 2.24) is 4.72 Å². The molecule has 1 aromatic carbocycles. The van der Waals surface area contributed by atoms with Gasteiger partial charge in [0.25, 0.3) is 5.91 Å². The van der Waals surface area contributed by atoms with Gasteiger partial charge < -0.3 is 10.1 Å². The van der Waals surface area contributed by atoms with Crippen LogP contribution >= 0.6 is 27.3 Å². The number of halogens is 1. The van der Waals surface area contributed by atoms with Crippen molar-refractivity contribution in [3.05, 3.63) is 45.1 Å². The molecule has 0 aliphatic carbocycles. The maximum Gasteiger partial charge on any atom is 0.324 e. The van der Waals surface area contributed by atoms with E-state index in [1.807, 2.05) is 0 Å². The van der Waals surface area contributed by atoms with Gasteiger partial charge in [0.1, 0.15) is 10.9 Å². The van der Waals surface area contributed by atoms with Crippen molar-refractivity contribution < 1.29 is 22.7 Å². The summed E-state index contributed by atoms with van der Waals surface area (Å²) >= 11 is 4.58. The van der Waals surface area contributed by atoms with Crippen molar-refractivity contribution in [1.29, 1.82) is 0 Å². The van der Waals surface area contributed by atoms with Gasteiger partial charge in [0.2, 0.25) is 10.0 Å². The summed E-state index contributed by atoms with van der Waals surface area (Å²) in [7, 11) is -3.84. The van der Waals surface area contributed by atoms with E-state index in [-0.39, 0.29) is 17.4 Å². The van der Waals surface area contributed by atoms with E-state index in [2.05, 4.69) is 26.0 Å². The van der Waals surface area contributed by atoms with Gasteiger partial charge >= 0.3 is 5.97 Å². The van der Waals surface area contributed by atoms with Crippen molar-refractivity contribution in [2.45, 2.75) is 17.4 Å². The molecule has 1 saturated heterocycles. The highest BCUT2D eigenvalue weighted by atomic mass is 79.9. The molecule has 1 atom stereocenters. The predicted molar refractivity (Wildman–Crippen MR) is 96.1 cm³/mol. The van der Waals surface area contributed by atoms with Crippen LogP contribution in [0.2, 0.25) is 0 Å². The number of cyclic esters (lactones) is 1. The van der Waals surface area contributed by atoms with Crippen LogP contribution in [0.25, 0.3) is 0 Å². The molecule has 132 valence electrons. The fourth-order valence-corrected chi connectivity index (χ4v) is 4.88. The molecule has 2 heterocycles. The minimum absolute atomic E-state index is 0.00232. The Morgan fingerprint density at radius 3 is 2.52 bits per heavy atom. The SMILES string of the molecule is O=C(Nc1ccc(S(=O)(=O)N[C@H]2CCOC2=O)cc1)c1sccc1Br. The van der Waals surface area contributed by atoms with Gasteiger partial charge in [-0.3, -0.25) is 9.59 Å². The zero-order valence-corrected chi connectivity index (χ0v) is 15.9. The number of hydrogen-bond donors (Lipinski definition) is 2. The number of esters is 1. The summed E-state index contributed by atoms with van der Waals surface area (Å²) < 4.78 is 32.3. The maximum atomic E-state index is 12.3. The molecule has 1 aliphatic heterocycles. The summed E-state index contributed by atoms with van der Waals surface area (Å²) in [5, 5.41) is 4.48. The first-order valence-electron chi connectivity index (χ1n) is 7.20. The molecule has 25 heavy (non-hydrogen) atoms. The van der Waals surface area contributed by atoms with Gasteiger partial charge in [0, 0.05) is 16.6 Å². The number of ether oxygens (including phenoxy) is 1. The van der Waals surface area contributed by atoms with E-state index in [0.29, 0.717) is 21.5 Å². The van der Waals surface area contributed by atoms with Crippen LogP contribution in [0.4, 0.5) is 5.69 Å². The van der Waals surface area contributed by atoms with Crippen LogP contribution in [0.15, 0.2) is 45.1 Å². The number of benzene rings is 1. The van der Waals surface area contributed by atoms with Crippen molar-refractivity contribution in [3.63, 3.8) is 0 Å². The molecule has 3 rings (SSSR count). The smallest absolute Gasteiger partial charge is 0.324 e. The van der Waals surface area contributed by atoms with Crippen molar-refractivity contribution in [2.75, 3.05) is 11.9 Å². The molecule has 1 aliphatic rings. The van der Waals surface area contributed by atoms with E-state index < -0.39 is 22.0 Å². The van der Waals surface area contributed by atoms with Gasteiger partial charge in [-0.05, 0) is 51.6 Å². The number of carbonyl (C=O) groups is 2. The number of carbonyl (C=O) groups excluding carboxylic acids is 2. The minimum Gasteiger partial charge on any atom is -0.464 e. The normalized spacial score (nSPS) is 17.3. The van der Waals surface area contributed by atoms with E-state index in [1.165, 1.54) is 35.6 Å². The third-order valence-electron chi connectivity index (χ3n) is 3.48. The Morgan fingerprint density at radius 1 is 1.24 bits per heavy atom. The first kappa shape index (κ1) is 18.1. The average Bonchev–Trinajstić information content (AvgIpc) is 3.16. The molecular formula is C15H13BrN2O5S2. The molecule has 0 bridgehead atoms. The van der Waals surface area contributed by atoms with E-state index in [0.717, 1.165) is 0 Å². The number of thiophene rings is 1. The van der Waals surface area contributed by atoms with Gasteiger partial charge in [-0.25, -0.2) is 8.42 Å². The van der Waals surface area contributed by atoms with Gasteiger partial charge in [0.05, 0.1) is 11.5 Å². The fraction of sp³-hybridized carbons (Fsp3) is 0.200. The van der Waals surface area contributed by atoms with Crippen LogP contribution in [-0.2, 0) is 19.6 Å². The fourth-order valence-electron chi connectivity index (χ4n) is 2.22. The van der Waals surface area contributed by atoms with E-state index in [9.17, 15) is 18.0 Å². The lowest BCUT2D eigenvalue weighted by Gasteiger charge is -2.10. The molecule has 1 aromatic heterocycles. The molecule has 0 unspecified atom stereocenters. The Balaban J connectivity index is 1.70. The Bertz CT molecular complexity index is 908. The van der Waals surface area contributed by atoms with Gasteiger partial charge in [-0.15, -0.1) is 11.3 Å². The lowest BCUT2D eigenvalue weighted by molar-refractivity contribution is -0.139. The number of nitrogens with one attached hydrogen (secondary N) is 2. The number of amides is 1. The van der Waals surface area contributed by atoms with Crippen molar-refractivity contribution in [2.24, 2.45) is 0 Å². The van der Waals surface area contributed by atoms with Crippen LogP contribution in [0.5, 0.6) is 0 Å². The van der Waals surface area contributed by atoms with Gasteiger partial charge in [-0.1, -0.05) is 0 Å². The maximum absolute atomic E-state index is 12.3. The summed E-state index contributed by atoms with van der Waals surface area (Å²) in [6.07, 6.45) is 0.307. The van der Waals surface area contributed by atoms with Crippen LogP contribution in [0.1, 0.15) is 16.1 Å². The summed E-state index contributed by atoms with van der Waals surface area (Å²) in [5.41, 5.74) is 0.463. The van der Waals surface area contributed by atoms with E-state index >= 15 is 0 Å². The summed E-state index contributed by atoms with van der Waals surface area (Å²) in [6, 6.07) is 6.61. The zero-order chi connectivity index (χ0) is 18.0. The standard InChI is InChI=1S/C15H13BrN2O5S2/c16-11-6-8-24-13(11)14(19)17-9-1-3-10(4-2-9)25(21,22)18-12-5-7-23-15(12)20/h1-4,6,8,12,18H,5,7H2,(H,17,19)/t12-/m0/s1. The van der Waals surface area contributed by atoms with E-state index in [1.54, 1.807) is 11.4 Å². The molecule has 0 spiro atoms. The highest BCUT2D eigenvalue weighted by Gasteiger charge is 2.31. The Morgan fingerprint density at radius 2 is 1.96 bits per heavy atom. The topological polar surface area (TPSA) is 102 Å². The molecule has 2 N–H and O–H groups in total. The zero-order valence-electron chi connectivity index (χ0n) is 12.7. The number of rotatable bonds is 5. The summed E-state index contributed by atoms with van der Waals surface area (Å²) in [4.78, 5) is 24.1. The van der Waals surface area contributed by atoms with Gasteiger partial charge in [-0.2, -0.15) is 4.72 Å². The second kappa shape index (κ2) is 7.24. The average molecular weight is 445 g/mol. The molecular weight excluding hydrogens is 432 g/mol. The Labute approximate surface area is 156 Å². The van der Waals surface area contributed by atoms with Crippen molar-refractivity contribution >= 4 is 54.9 Å². The predicted octanol–water partition coefficient (Wildman–Crippen LogP) is 2.36. The minimum atomic E-state index is -3.84. The Hall–Kier alpha value is -1.75. The molecule has 1 amide bonds. The summed E-state index contributed by atoms with van der Waals surface area (Å²) in [5.74, 6) is -0.863. The molecule has 0 radical (unpaired) electrons. The monoisotopic (exact) mass is 444 g/mol. The second-order valence-electron chi connectivity index (χ2n) is 5.21. The largest absolute Gasteiger partial charge is 0.464 e. The number of hydrogen-bond acceptors (Lipinski definition) is 6. The van der Waals surface area contributed by atoms with Crippen LogP contribution in [-0.4, -0.2) is 32.9 Å². The molecule has 1 fully saturated rings. The lowest BCUT2D eigenvalue weighted by Crippen LogP contribution is -2.37. The highest BCUT2D eigenvalue weighted by molar-refractivity contribution is 9.10. The van der Waals surface area contributed by atoms with Crippen molar-refractivity contribution in [3.8, 4) is 0 Å². The van der Waals surface area contributed by atoms with Crippen LogP contribution < -0.4 is 10.0 Å². The van der Waals surface area contributed by atoms with E-state index in [4.69, 9.17) is 4.74 Å². The highest BCUT2D eigenvalue weighted by Crippen LogP contribution is 2.24.